The van der Waals surface area contributed by atoms with E-state index in [-0.39, 0.29) is 11.9 Å². The number of rotatable bonds is 2. The van der Waals surface area contributed by atoms with Crippen molar-refractivity contribution in [3.63, 3.8) is 0 Å². The normalized spacial score (nSPS) is 27.5. The van der Waals surface area contributed by atoms with Crippen molar-refractivity contribution in [2.24, 2.45) is 0 Å². The van der Waals surface area contributed by atoms with Crippen LogP contribution in [0, 0.1) is 12.7 Å². The van der Waals surface area contributed by atoms with Crippen molar-refractivity contribution in [2.75, 3.05) is 18.1 Å². The third kappa shape index (κ3) is 2.31. The molecule has 3 rings (SSSR count). The van der Waals surface area contributed by atoms with Gasteiger partial charge in [0.25, 0.3) is 0 Å². The second-order valence-electron chi connectivity index (χ2n) is 5.94. The van der Waals surface area contributed by atoms with E-state index in [9.17, 15) is 9.50 Å². The molecular formula is C16H22FNO2. The summed E-state index contributed by atoms with van der Waals surface area (Å²) in [5.74, 6) is -0.249. The van der Waals surface area contributed by atoms with E-state index in [1.165, 1.54) is 12.5 Å². The summed E-state index contributed by atoms with van der Waals surface area (Å²) in [7, 11) is 0. The molecule has 0 spiro atoms. The van der Waals surface area contributed by atoms with Gasteiger partial charge in [-0.05, 0) is 50.8 Å². The fourth-order valence-electron chi connectivity index (χ4n) is 3.49. The molecule has 110 valence electrons. The Hall–Kier alpha value is -1.13. The highest BCUT2D eigenvalue weighted by atomic mass is 19.1. The first-order chi connectivity index (χ1) is 9.58. The minimum absolute atomic E-state index is 0.249. The van der Waals surface area contributed by atoms with Crippen molar-refractivity contribution in [3.05, 3.63) is 29.1 Å². The molecule has 1 aliphatic heterocycles. The van der Waals surface area contributed by atoms with Gasteiger partial charge in [-0.1, -0.05) is 0 Å². The first kappa shape index (κ1) is 13.8. The molecule has 3 atom stereocenters. The number of hydrogen-bond donors (Lipinski definition) is 1. The molecule has 1 saturated carbocycles. The van der Waals surface area contributed by atoms with Crippen molar-refractivity contribution in [2.45, 2.75) is 51.4 Å². The average molecular weight is 279 g/mol. The van der Waals surface area contributed by atoms with E-state index in [4.69, 9.17) is 4.74 Å². The van der Waals surface area contributed by atoms with Crippen LogP contribution in [0.3, 0.4) is 0 Å². The fraction of sp³-hybridized carbons (Fsp3) is 0.625. The van der Waals surface area contributed by atoms with Crippen LogP contribution >= 0.6 is 0 Å². The van der Waals surface area contributed by atoms with E-state index in [0.29, 0.717) is 23.8 Å². The molecule has 1 saturated heterocycles. The standard InChI is InChI=1S/C16H22FNO2/c1-10-8-15(12(11(2)19)9-13(10)17)18-6-7-20-16-5-3-4-14(16)18/h8-9,11,14,16,19H,3-7H2,1-2H3/t11-,14?,16?/m0/s1. The summed E-state index contributed by atoms with van der Waals surface area (Å²) in [5, 5.41) is 9.97. The summed E-state index contributed by atoms with van der Waals surface area (Å²) in [4.78, 5) is 2.32. The van der Waals surface area contributed by atoms with Crippen LogP contribution in [0.15, 0.2) is 12.1 Å². The Bertz CT molecular complexity index is 503. The average Bonchev–Trinajstić information content (AvgIpc) is 2.89. The van der Waals surface area contributed by atoms with Crippen molar-refractivity contribution in [3.8, 4) is 0 Å². The second-order valence-corrected chi connectivity index (χ2v) is 5.94. The monoisotopic (exact) mass is 279 g/mol. The largest absolute Gasteiger partial charge is 0.389 e. The first-order valence-corrected chi connectivity index (χ1v) is 7.44. The molecule has 0 radical (unpaired) electrons. The quantitative estimate of drug-likeness (QED) is 0.903. The number of benzene rings is 1. The summed E-state index contributed by atoms with van der Waals surface area (Å²) in [6, 6.07) is 3.72. The first-order valence-electron chi connectivity index (χ1n) is 7.44. The highest BCUT2D eigenvalue weighted by molar-refractivity contribution is 5.58. The lowest BCUT2D eigenvalue weighted by molar-refractivity contribution is 0.0254. The van der Waals surface area contributed by atoms with Gasteiger partial charge < -0.3 is 14.7 Å². The van der Waals surface area contributed by atoms with E-state index in [1.807, 2.05) is 6.07 Å². The molecule has 0 amide bonds. The van der Waals surface area contributed by atoms with E-state index in [0.717, 1.165) is 25.1 Å². The van der Waals surface area contributed by atoms with Crippen LogP contribution in [0.25, 0.3) is 0 Å². The Morgan fingerprint density at radius 1 is 1.40 bits per heavy atom. The van der Waals surface area contributed by atoms with Gasteiger partial charge in [0.05, 0.1) is 24.9 Å². The van der Waals surface area contributed by atoms with Gasteiger partial charge >= 0.3 is 0 Å². The van der Waals surface area contributed by atoms with Crippen molar-refractivity contribution >= 4 is 5.69 Å². The van der Waals surface area contributed by atoms with Gasteiger partial charge in [0.15, 0.2) is 0 Å². The summed E-state index contributed by atoms with van der Waals surface area (Å²) >= 11 is 0. The number of hydrogen-bond acceptors (Lipinski definition) is 3. The van der Waals surface area contributed by atoms with Gasteiger partial charge in [-0.3, -0.25) is 0 Å². The van der Waals surface area contributed by atoms with Crippen LogP contribution in [-0.4, -0.2) is 30.4 Å². The minimum atomic E-state index is -0.664. The molecule has 2 unspecified atom stereocenters. The number of ether oxygens (including phenoxy) is 1. The number of nitrogens with zero attached hydrogens (tertiary/aromatic N) is 1. The predicted molar refractivity (Wildman–Crippen MR) is 76.5 cm³/mol. The number of morpholine rings is 1. The molecule has 1 aliphatic carbocycles. The fourth-order valence-corrected chi connectivity index (χ4v) is 3.49. The Morgan fingerprint density at radius 2 is 2.20 bits per heavy atom. The number of aryl methyl sites for hydroxylation is 1. The lowest BCUT2D eigenvalue weighted by Crippen LogP contribution is -2.49. The zero-order valence-corrected chi connectivity index (χ0v) is 12.1. The van der Waals surface area contributed by atoms with Crippen LogP contribution in [0.1, 0.15) is 43.4 Å². The number of fused-ring (bicyclic) bond motifs is 1. The topological polar surface area (TPSA) is 32.7 Å². The van der Waals surface area contributed by atoms with Gasteiger partial charge in [-0.2, -0.15) is 0 Å². The maximum absolute atomic E-state index is 13.8. The van der Waals surface area contributed by atoms with E-state index in [1.54, 1.807) is 13.8 Å². The van der Waals surface area contributed by atoms with Crippen LogP contribution < -0.4 is 4.90 Å². The molecule has 4 heteroatoms. The van der Waals surface area contributed by atoms with Gasteiger partial charge in [-0.15, -0.1) is 0 Å². The van der Waals surface area contributed by atoms with Crippen molar-refractivity contribution in [1.82, 2.24) is 0 Å². The Kier molecular flexibility index (Phi) is 3.69. The molecule has 20 heavy (non-hydrogen) atoms. The van der Waals surface area contributed by atoms with Gasteiger partial charge in [-0.25, -0.2) is 4.39 Å². The second kappa shape index (κ2) is 5.34. The van der Waals surface area contributed by atoms with Crippen LogP contribution in [0.2, 0.25) is 0 Å². The van der Waals surface area contributed by atoms with Crippen LogP contribution in [-0.2, 0) is 4.74 Å². The van der Waals surface area contributed by atoms with Gasteiger partial charge in [0.2, 0.25) is 0 Å². The zero-order chi connectivity index (χ0) is 14.3. The molecule has 2 aliphatic rings. The number of halogens is 1. The maximum Gasteiger partial charge on any atom is 0.126 e. The third-order valence-electron chi connectivity index (χ3n) is 4.55. The minimum Gasteiger partial charge on any atom is -0.389 e. The van der Waals surface area contributed by atoms with Crippen LogP contribution in [0.4, 0.5) is 10.1 Å². The molecule has 0 aromatic heterocycles. The van der Waals surface area contributed by atoms with E-state index in [2.05, 4.69) is 4.90 Å². The van der Waals surface area contributed by atoms with E-state index >= 15 is 0 Å². The maximum atomic E-state index is 13.8. The molecular weight excluding hydrogens is 257 g/mol. The lowest BCUT2D eigenvalue weighted by atomic mass is 10.0. The van der Waals surface area contributed by atoms with Gasteiger partial charge in [0, 0.05) is 17.8 Å². The number of aliphatic hydroxyl groups excluding tert-OH is 1. The molecule has 1 aromatic carbocycles. The summed E-state index contributed by atoms with van der Waals surface area (Å²) < 4.78 is 19.6. The molecule has 1 heterocycles. The van der Waals surface area contributed by atoms with Crippen LogP contribution in [0.5, 0.6) is 0 Å². The molecule has 2 fully saturated rings. The smallest absolute Gasteiger partial charge is 0.126 e. The lowest BCUT2D eigenvalue weighted by Gasteiger charge is -2.40. The molecule has 1 aromatic rings. The summed E-state index contributed by atoms with van der Waals surface area (Å²) in [6.45, 7) is 4.99. The molecule has 0 bridgehead atoms. The highest BCUT2D eigenvalue weighted by Gasteiger charge is 2.37. The molecule has 1 N–H and O–H groups in total. The van der Waals surface area contributed by atoms with Gasteiger partial charge in [0.1, 0.15) is 5.82 Å². The number of anilines is 1. The number of aliphatic hydroxyl groups is 1. The SMILES string of the molecule is Cc1cc(N2CCOC3CCCC32)c([C@H](C)O)cc1F. The summed E-state index contributed by atoms with van der Waals surface area (Å²) in [6.07, 6.45) is 3.01. The summed E-state index contributed by atoms with van der Waals surface area (Å²) in [5.41, 5.74) is 2.28. The Labute approximate surface area is 119 Å². The third-order valence-corrected chi connectivity index (χ3v) is 4.55. The Balaban J connectivity index is 2.01. The van der Waals surface area contributed by atoms with Crippen molar-refractivity contribution in [1.29, 1.82) is 0 Å². The van der Waals surface area contributed by atoms with Crippen molar-refractivity contribution < 1.29 is 14.2 Å². The zero-order valence-electron chi connectivity index (χ0n) is 12.1. The highest BCUT2D eigenvalue weighted by Crippen LogP contribution is 2.37. The Morgan fingerprint density at radius 3 is 2.95 bits per heavy atom. The molecule has 3 nitrogen and oxygen atoms in total. The predicted octanol–water partition coefficient (Wildman–Crippen LogP) is 2.95. The van der Waals surface area contributed by atoms with E-state index < -0.39 is 6.10 Å².